The van der Waals surface area contributed by atoms with E-state index in [9.17, 15) is 4.79 Å². The van der Waals surface area contributed by atoms with Crippen LogP contribution in [0.15, 0.2) is 0 Å². The highest BCUT2D eigenvalue weighted by Gasteiger charge is 2.35. The third kappa shape index (κ3) is 3.24. The van der Waals surface area contributed by atoms with E-state index in [-0.39, 0.29) is 11.9 Å². The number of nitrogens with two attached hydrogens (primary N) is 1. The molecule has 90 valence electrons. The second kappa shape index (κ2) is 5.91. The van der Waals surface area contributed by atoms with Crippen molar-refractivity contribution in [2.45, 2.75) is 63.5 Å². The van der Waals surface area contributed by atoms with Crippen LogP contribution in [0, 0.1) is 12.3 Å². The molecule has 1 atom stereocenters. The van der Waals surface area contributed by atoms with E-state index in [0.29, 0.717) is 0 Å². The van der Waals surface area contributed by atoms with Crippen LogP contribution in [-0.4, -0.2) is 17.5 Å². The maximum Gasteiger partial charge on any atom is 0.241 e. The van der Waals surface area contributed by atoms with E-state index in [2.05, 4.69) is 18.2 Å². The van der Waals surface area contributed by atoms with Crippen LogP contribution in [0.3, 0.4) is 0 Å². The molecule has 3 N–H and O–H groups in total. The SMILES string of the molecule is C#CC(CCC)NC(=O)C1(N)CCCCC1. The van der Waals surface area contributed by atoms with E-state index in [0.717, 1.165) is 38.5 Å². The van der Waals surface area contributed by atoms with Gasteiger partial charge in [-0.2, -0.15) is 0 Å². The lowest BCUT2D eigenvalue weighted by molar-refractivity contribution is -0.127. The van der Waals surface area contributed by atoms with E-state index < -0.39 is 5.54 Å². The Morgan fingerprint density at radius 2 is 2.12 bits per heavy atom. The van der Waals surface area contributed by atoms with Crippen molar-refractivity contribution in [2.75, 3.05) is 0 Å². The Bertz CT molecular complexity index is 274. The van der Waals surface area contributed by atoms with Crippen molar-refractivity contribution < 1.29 is 4.79 Å². The van der Waals surface area contributed by atoms with Gasteiger partial charge in [-0.05, 0) is 19.3 Å². The molecule has 0 bridgehead atoms. The van der Waals surface area contributed by atoms with E-state index in [4.69, 9.17) is 12.2 Å². The van der Waals surface area contributed by atoms with Crippen molar-refractivity contribution in [3.63, 3.8) is 0 Å². The number of hydrogen-bond acceptors (Lipinski definition) is 2. The van der Waals surface area contributed by atoms with E-state index >= 15 is 0 Å². The summed E-state index contributed by atoms with van der Waals surface area (Å²) in [7, 11) is 0. The summed E-state index contributed by atoms with van der Waals surface area (Å²) >= 11 is 0. The summed E-state index contributed by atoms with van der Waals surface area (Å²) in [6, 6.07) is -0.167. The highest BCUT2D eigenvalue weighted by Crippen LogP contribution is 2.26. The third-order valence-electron chi connectivity index (χ3n) is 3.28. The fourth-order valence-corrected chi connectivity index (χ4v) is 2.20. The van der Waals surface area contributed by atoms with Crippen LogP contribution >= 0.6 is 0 Å². The second-order valence-corrected chi connectivity index (χ2v) is 4.70. The molecule has 0 radical (unpaired) electrons. The van der Waals surface area contributed by atoms with Crippen LogP contribution in [0.2, 0.25) is 0 Å². The molecule has 1 unspecified atom stereocenters. The number of carbonyl (C=O) groups is 1. The first-order valence-electron chi connectivity index (χ1n) is 6.18. The number of hydrogen-bond donors (Lipinski definition) is 2. The van der Waals surface area contributed by atoms with Gasteiger partial charge in [-0.3, -0.25) is 4.79 Å². The van der Waals surface area contributed by atoms with Crippen LogP contribution in [0.1, 0.15) is 51.9 Å². The molecular formula is C13H22N2O. The summed E-state index contributed by atoms with van der Waals surface area (Å²) in [5, 5.41) is 2.88. The van der Waals surface area contributed by atoms with Gasteiger partial charge in [-0.25, -0.2) is 0 Å². The minimum Gasteiger partial charge on any atom is -0.341 e. The van der Waals surface area contributed by atoms with Gasteiger partial charge >= 0.3 is 0 Å². The molecule has 1 rings (SSSR count). The second-order valence-electron chi connectivity index (χ2n) is 4.70. The third-order valence-corrected chi connectivity index (χ3v) is 3.28. The fourth-order valence-electron chi connectivity index (χ4n) is 2.20. The van der Waals surface area contributed by atoms with E-state index in [1.807, 2.05) is 0 Å². The Kier molecular flexibility index (Phi) is 4.82. The van der Waals surface area contributed by atoms with Crippen LogP contribution in [0.4, 0.5) is 0 Å². The van der Waals surface area contributed by atoms with Crippen LogP contribution in [-0.2, 0) is 4.79 Å². The lowest BCUT2D eigenvalue weighted by Gasteiger charge is -2.32. The highest BCUT2D eigenvalue weighted by atomic mass is 16.2. The molecule has 0 aromatic carbocycles. The van der Waals surface area contributed by atoms with Crippen molar-refractivity contribution in [1.82, 2.24) is 5.32 Å². The van der Waals surface area contributed by atoms with Crippen molar-refractivity contribution >= 4 is 5.91 Å². The zero-order valence-electron chi connectivity index (χ0n) is 10.1. The van der Waals surface area contributed by atoms with Crippen molar-refractivity contribution in [2.24, 2.45) is 5.73 Å². The largest absolute Gasteiger partial charge is 0.341 e. The van der Waals surface area contributed by atoms with Gasteiger partial charge in [0.05, 0.1) is 11.6 Å². The minimum absolute atomic E-state index is 0.0661. The molecule has 1 saturated carbocycles. The van der Waals surface area contributed by atoms with Gasteiger partial charge in [-0.15, -0.1) is 6.42 Å². The zero-order valence-corrected chi connectivity index (χ0v) is 10.1. The molecule has 0 spiro atoms. The Balaban J connectivity index is 2.53. The van der Waals surface area contributed by atoms with Gasteiger partial charge in [0.25, 0.3) is 0 Å². The standard InChI is InChI=1S/C13H22N2O/c1-3-8-11(4-2)15-12(16)13(14)9-6-5-7-10-13/h2,11H,3,5-10,14H2,1H3,(H,15,16). The van der Waals surface area contributed by atoms with Crippen molar-refractivity contribution in [3.8, 4) is 12.3 Å². The normalized spacial score (nSPS) is 20.8. The van der Waals surface area contributed by atoms with Gasteiger partial charge in [-0.1, -0.05) is 38.5 Å². The predicted molar refractivity (Wildman–Crippen MR) is 65.7 cm³/mol. The molecule has 1 aliphatic rings. The Labute approximate surface area is 98.2 Å². The Morgan fingerprint density at radius 1 is 1.50 bits per heavy atom. The Morgan fingerprint density at radius 3 is 2.62 bits per heavy atom. The fraction of sp³-hybridized carbons (Fsp3) is 0.769. The van der Waals surface area contributed by atoms with Crippen LogP contribution in [0.25, 0.3) is 0 Å². The van der Waals surface area contributed by atoms with Gasteiger partial charge in [0, 0.05) is 0 Å². The average molecular weight is 222 g/mol. The molecule has 0 heterocycles. The molecule has 1 aliphatic carbocycles. The van der Waals surface area contributed by atoms with E-state index in [1.54, 1.807) is 0 Å². The molecule has 1 amide bonds. The number of amides is 1. The maximum atomic E-state index is 12.0. The molecule has 0 saturated heterocycles. The molecule has 1 fully saturated rings. The smallest absolute Gasteiger partial charge is 0.241 e. The zero-order chi connectivity index (χ0) is 12.0. The molecular weight excluding hydrogens is 200 g/mol. The number of rotatable bonds is 4. The van der Waals surface area contributed by atoms with Crippen LogP contribution in [0.5, 0.6) is 0 Å². The van der Waals surface area contributed by atoms with Crippen molar-refractivity contribution in [3.05, 3.63) is 0 Å². The monoisotopic (exact) mass is 222 g/mol. The quantitative estimate of drug-likeness (QED) is 0.709. The summed E-state index contributed by atoms with van der Waals surface area (Å²) in [5.41, 5.74) is 5.44. The highest BCUT2D eigenvalue weighted by molar-refractivity contribution is 5.86. The predicted octanol–water partition coefficient (Wildman–Crippen LogP) is 1.57. The molecule has 0 aromatic heterocycles. The first-order chi connectivity index (χ1) is 7.62. The molecule has 16 heavy (non-hydrogen) atoms. The summed E-state index contributed by atoms with van der Waals surface area (Å²) < 4.78 is 0. The molecule has 3 heteroatoms. The number of carbonyl (C=O) groups excluding carboxylic acids is 1. The Hall–Kier alpha value is -1.01. The summed E-state index contributed by atoms with van der Waals surface area (Å²) in [4.78, 5) is 12.0. The topological polar surface area (TPSA) is 55.1 Å². The lowest BCUT2D eigenvalue weighted by atomic mass is 9.81. The van der Waals surface area contributed by atoms with Gasteiger partial charge in [0.1, 0.15) is 0 Å². The summed E-state index contributed by atoms with van der Waals surface area (Å²) in [6.07, 6.45) is 12.0. The number of nitrogens with one attached hydrogen (secondary N) is 1. The molecule has 0 aromatic rings. The van der Waals surface area contributed by atoms with E-state index in [1.165, 1.54) is 6.42 Å². The van der Waals surface area contributed by atoms with Gasteiger partial charge in [0.2, 0.25) is 5.91 Å². The summed E-state index contributed by atoms with van der Waals surface area (Å²) in [5.74, 6) is 2.54. The van der Waals surface area contributed by atoms with Gasteiger partial charge < -0.3 is 11.1 Å². The van der Waals surface area contributed by atoms with Crippen LogP contribution < -0.4 is 11.1 Å². The lowest BCUT2D eigenvalue weighted by Crippen LogP contribution is -2.56. The van der Waals surface area contributed by atoms with Gasteiger partial charge in [0.15, 0.2) is 0 Å². The first kappa shape index (κ1) is 13.1. The summed E-state index contributed by atoms with van der Waals surface area (Å²) in [6.45, 7) is 2.05. The molecule has 0 aliphatic heterocycles. The number of terminal acetylenes is 1. The molecule has 3 nitrogen and oxygen atoms in total. The maximum absolute atomic E-state index is 12.0. The van der Waals surface area contributed by atoms with Crippen molar-refractivity contribution in [1.29, 1.82) is 0 Å². The minimum atomic E-state index is -0.679. The average Bonchev–Trinajstić information content (AvgIpc) is 2.29. The first-order valence-corrected chi connectivity index (χ1v) is 6.18.